The van der Waals surface area contributed by atoms with Gasteiger partial charge in [-0.1, -0.05) is 240 Å². The maximum atomic E-state index is 3.46. The number of benzene rings is 12. The second kappa shape index (κ2) is 28.2. The highest BCUT2D eigenvalue weighted by Crippen LogP contribution is 2.29. The normalized spacial score (nSPS) is 10.6. The summed E-state index contributed by atoms with van der Waals surface area (Å²) < 4.78 is 0. The van der Waals surface area contributed by atoms with Crippen molar-refractivity contribution in [3.8, 4) is 141 Å². The van der Waals surface area contributed by atoms with Gasteiger partial charge in [-0.05, 0) is 192 Å². The van der Waals surface area contributed by atoms with E-state index in [2.05, 4.69) is 167 Å². The fourth-order valence-corrected chi connectivity index (χ4v) is 10.1. The molecule has 0 amide bonds. The molecule has 13 rings (SSSR count). The first kappa shape index (κ1) is 57.3. The van der Waals surface area contributed by atoms with E-state index in [1.54, 1.807) is 0 Å². The molecule has 12 aromatic rings. The first-order valence-corrected chi connectivity index (χ1v) is 29.9. The Morgan fingerprint density at radius 1 is 0.109 bits per heavy atom. The topological polar surface area (TPSA) is 0 Å². The zero-order chi connectivity index (χ0) is 61.9. The van der Waals surface area contributed by atoms with E-state index in [4.69, 9.17) is 0 Å². The monoisotopic (exact) mass is 1150 g/mol. The first-order valence-electron chi connectivity index (χ1n) is 29.9. The summed E-state index contributed by atoms with van der Waals surface area (Å²) in [5, 5.41) is 0. The van der Waals surface area contributed by atoms with Crippen LogP contribution < -0.4 is 0 Å². The van der Waals surface area contributed by atoms with Crippen molar-refractivity contribution < 1.29 is 0 Å². The molecular formula is C92H48. The molecule has 0 atom stereocenters. The third-order valence-corrected chi connectivity index (χ3v) is 14.7. The zero-order valence-corrected chi connectivity index (χ0v) is 49.7. The van der Waals surface area contributed by atoms with Gasteiger partial charge in [-0.2, -0.15) is 0 Å². The Morgan fingerprint density at radius 2 is 0.228 bits per heavy atom. The summed E-state index contributed by atoms with van der Waals surface area (Å²) in [6.45, 7) is 0. The molecule has 0 saturated carbocycles. The van der Waals surface area contributed by atoms with Gasteiger partial charge in [0.05, 0.1) is 0 Å². The highest BCUT2D eigenvalue weighted by Gasteiger charge is 2.09. The summed E-state index contributed by atoms with van der Waals surface area (Å²) in [6, 6.07) is 96.9. The Bertz CT molecular complexity index is 4900. The number of hydrogen-bond donors (Lipinski definition) is 0. The van der Waals surface area contributed by atoms with E-state index in [1.165, 1.54) is 0 Å². The molecule has 0 radical (unpaired) electrons. The lowest BCUT2D eigenvalue weighted by Gasteiger charge is -2.07. The fourth-order valence-electron chi connectivity index (χ4n) is 10.1. The molecular weight excluding hydrogens is 1110 g/mol. The molecule has 16 bridgehead atoms. The fraction of sp³-hybridized carbons (Fsp3) is 0. The van der Waals surface area contributed by atoms with E-state index in [1.807, 2.05) is 243 Å². The number of hydrogen-bond acceptors (Lipinski definition) is 0. The average molecular weight is 1150 g/mol. The van der Waals surface area contributed by atoms with Crippen molar-refractivity contribution in [1.82, 2.24) is 0 Å². The van der Waals surface area contributed by atoms with E-state index >= 15 is 0 Å². The highest BCUT2D eigenvalue weighted by atomic mass is 14.1. The van der Waals surface area contributed by atoms with Crippen molar-refractivity contribution in [3.63, 3.8) is 0 Å². The van der Waals surface area contributed by atoms with Gasteiger partial charge in [0.25, 0.3) is 0 Å². The van der Waals surface area contributed by atoms with Gasteiger partial charge < -0.3 is 0 Å². The Kier molecular flexibility index (Phi) is 17.6. The molecule has 0 spiro atoms. The molecule has 0 aliphatic heterocycles. The minimum absolute atomic E-state index is 0.862. The average Bonchev–Trinajstić information content (AvgIpc) is 3.32. The second-order valence-corrected chi connectivity index (χ2v) is 21.3. The molecule has 92 heavy (non-hydrogen) atoms. The Balaban J connectivity index is 0.816. The number of rotatable bonds is 0. The van der Waals surface area contributed by atoms with Gasteiger partial charge in [0, 0.05) is 111 Å². The van der Waals surface area contributed by atoms with Crippen LogP contribution in [0.5, 0.6) is 0 Å². The molecule has 416 valence electrons. The van der Waals surface area contributed by atoms with E-state index in [0.717, 1.165) is 134 Å². The quantitative estimate of drug-likeness (QED) is 0.133. The van der Waals surface area contributed by atoms with Gasteiger partial charge in [-0.3, -0.25) is 0 Å². The van der Waals surface area contributed by atoms with E-state index in [0.29, 0.717) is 0 Å². The minimum Gasteiger partial charge on any atom is -0.0616 e. The van der Waals surface area contributed by atoms with Crippen LogP contribution >= 0.6 is 0 Å². The van der Waals surface area contributed by atoms with E-state index in [-0.39, 0.29) is 0 Å². The first-order chi connectivity index (χ1) is 45.5. The third kappa shape index (κ3) is 15.2. The summed E-state index contributed by atoms with van der Waals surface area (Å²) >= 11 is 0. The predicted molar refractivity (Wildman–Crippen MR) is 375 cm³/mol. The highest BCUT2D eigenvalue weighted by molar-refractivity contribution is 5.79. The summed E-state index contributed by atoms with van der Waals surface area (Å²) in [6.07, 6.45) is 0. The minimum atomic E-state index is 0.862. The maximum Gasteiger partial charge on any atom is 0.0327 e. The van der Waals surface area contributed by atoms with Crippen LogP contribution in [0.2, 0.25) is 0 Å². The molecule has 12 aromatic carbocycles. The second-order valence-electron chi connectivity index (χ2n) is 21.3. The molecule has 0 fully saturated rings. The van der Waals surface area contributed by atoms with Gasteiger partial charge in [-0.15, -0.1) is 0 Å². The van der Waals surface area contributed by atoms with Crippen molar-refractivity contribution >= 4 is 0 Å². The SMILES string of the molecule is C1#Cc2cccc(c2)C#Cc2cccc(c2)C#Cc2ccccc2-c2ccccc2C#Cc2cccc(c2)C#Cc2cccc(c2)C#Cc2cccc(c2)C#Cc2cccc(c2)C#Cc2ccccc2-c2ccccc2C#Cc2cccc(c2)C#Cc2cccc1c2. The molecule has 1 aliphatic carbocycles. The summed E-state index contributed by atoms with van der Waals surface area (Å²) in [5.41, 5.74) is 21.4. The lowest BCUT2D eigenvalue weighted by molar-refractivity contribution is 1.55. The van der Waals surface area contributed by atoms with Crippen LogP contribution in [-0.2, 0) is 0 Å². The lowest BCUT2D eigenvalue weighted by Crippen LogP contribution is -1.89. The molecule has 0 saturated heterocycles. The molecule has 0 aromatic heterocycles. The zero-order valence-electron chi connectivity index (χ0n) is 49.7. The standard InChI is InChI=1S/C92H48/c1-5-37-89-85(33-1)57-53-81-29-13-25-77(65-81)49-45-73-21-9-17-69(61-73)41-42-70-19-11-23-75(63-70)47-51-79-27-15-31-83(67-79)55-59-87-35-3-7-39-91(87)92-40-8-4-36-88(92)60-56-84-32-16-28-80(68-84)52-48-76-24-12-20-72(64-76)44-43-71-18-10-22-74(62-71)46-50-78-26-14-30-82(66-78)54-58-86-34-2-6-38-90(86)89/h1-40,61-68H. The van der Waals surface area contributed by atoms with Gasteiger partial charge in [0.15, 0.2) is 0 Å². The third-order valence-electron chi connectivity index (χ3n) is 14.7. The van der Waals surface area contributed by atoms with Crippen molar-refractivity contribution in [2.45, 2.75) is 0 Å². The summed E-state index contributed by atoms with van der Waals surface area (Å²) in [5.74, 6) is 67.7. The van der Waals surface area contributed by atoms with Crippen LogP contribution in [0.25, 0.3) is 22.3 Å². The van der Waals surface area contributed by atoms with E-state index < -0.39 is 0 Å². The van der Waals surface area contributed by atoms with Crippen molar-refractivity contribution in [1.29, 1.82) is 0 Å². The van der Waals surface area contributed by atoms with E-state index in [9.17, 15) is 0 Å². The van der Waals surface area contributed by atoms with Crippen molar-refractivity contribution in [2.24, 2.45) is 0 Å². The maximum absolute atomic E-state index is 3.46. The molecule has 0 heteroatoms. The van der Waals surface area contributed by atoms with Crippen LogP contribution in [0.1, 0.15) is 111 Å². The smallest absolute Gasteiger partial charge is 0.0327 e. The van der Waals surface area contributed by atoms with Gasteiger partial charge in [0.2, 0.25) is 0 Å². The van der Waals surface area contributed by atoms with Crippen LogP contribution in [-0.4, -0.2) is 0 Å². The summed E-state index contributed by atoms with van der Waals surface area (Å²) in [4.78, 5) is 0. The molecule has 0 nitrogen and oxygen atoms in total. The Morgan fingerprint density at radius 3 is 0.370 bits per heavy atom. The Labute approximate surface area is 539 Å². The van der Waals surface area contributed by atoms with Crippen LogP contribution in [0, 0.1) is 118 Å². The Hall–Kier alpha value is -13.8. The lowest BCUT2D eigenvalue weighted by atomic mass is 9.95. The van der Waals surface area contributed by atoms with Gasteiger partial charge in [0.1, 0.15) is 0 Å². The van der Waals surface area contributed by atoms with Crippen LogP contribution in [0.15, 0.2) is 291 Å². The van der Waals surface area contributed by atoms with Crippen LogP contribution in [0.4, 0.5) is 0 Å². The van der Waals surface area contributed by atoms with Crippen molar-refractivity contribution in [3.05, 3.63) is 402 Å². The molecule has 0 N–H and O–H groups in total. The summed E-state index contributed by atoms with van der Waals surface area (Å²) in [7, 11) is 0. The van der Waals surface area contributed by atoms with Crippen LogP contribution in [0.3, 0.4) is 0 Å². The largest absolute Gasteiger partial charge is 0.0616 e. The number of fused-ring (bicyclic) bond motifs is 22. The predicted octanol–water partition coefficient (Wildman–Crippen LogP) is 17.3. The molecule has 1 aliphatic rings. The van der Waals surface area contributed by atoms with Crippen molar-refractivity contribution in [2.75, 3.05) is 0 Å². The van der Waals surface area contributed by atoms with Gasteiger partial charge in [-0.25, -0.2) is 0 Å². The molecule has 0 heterocycles. The van der Waals surface area contributed by atoms with Gasteiger partial charge >= 0.3 is 0 Å². The molecule has 0 unspecified atom stereocenters.